The van der Waals surface area contributed by atoms with E-state index in [4.69, 9.17) is 0 Å². The van der Waals surface area contributed by atoms with Crippen LogP contribution in [0.15, 0.2) is 11.6 Å². The van der Waals surface area contributed by atoms with Gasteiger partial charge in [0.05, 0.1) is 0 Å². The second-order valence-corrected chi connectivity index (χ2v) is 13.5. The predicted octanol–water partition coefficient (Wildman–Crippen LogP) is 12.7. The van der Waals surface area contributed by atoms with E-state index < -0.39 is 0 Å². The van der Waals surface area contributed by atoms with Gasteiger partial charge in [-0.2, -0.15) is 0 Å². The van der Waals surface area contributed by atoms with E-state index in [1.54, 1.807) is 5.57 Å². The Morgan fingerprint density at radius 3 is 1.74 bits per heavy atom. The highest BCUT2D eigenvalue weighted by Crippen LogP contribution is 2.38. The molecule has 0 spiro atoms. The number of unbranched alkanes of at least 4 members (excludes halogenated alkanes) is 11. The molecule has 2 unspecified atom stereocenters. The van der Waals surface area contributed by atoms with Gasteiger partial charge in [0.1, 0.15) is 0 Å². The molecular formula is C35H68. The van der Waals surface area contributed by atoms with Crippen molar-refractivity contribution < 1.29 is 0 Å². The lowest BCUT2D eigenvalue weighted by Crippen LogP contribution is -2.22. The summed E-state index contributed by atoms with van der Waals surface area (Å²) in [6.45, 7) is 14.4. The second kappa shape index (κ2) is 21.8. The van der Waals surface area contributed by atoms with Crippen LogP contribution in [0.5, 0.6) is 0 Å². The minimum atomic E-state index is 0.889. The van der Waals surface area contributed by atoms with E-state index in [1.165, 1.54) is 141 Å². The van der Waals surface area contributed by atoms with Crippen molar-refractivity contribution in [3.8, 4) is 0 Å². The first-order valence-electron chi connectivity index (χ1n) is 16.6. The van der Waals surface area contributed by atoms with Crippen molar-refractivity contribution in [2.45, 2.75) is 183 Å². The molecule has 0 bridgehead atoms. The maximum absolute atomic E-state index is 2.63. The number of hydrogen-bond acceptors (Lipinski definition) is 0. The zero-order chi connectivity index (χ0) is 25.7. The summed E-state index contributed by atoms with van der Waals surface area (Å²) in [4.78, 5) is 0. The SMILES string of the molecule is CCCCCC(CC=C(C)CCC(C)CC1CC(C)C1)CCCCCCCCCCCCC(C)C. The maximum Gasteiger partial charge on any atom is -0.0320 e. The van der Waals surface area contributed by atoms with E-state index in [2.05, 4.69) is 47.6 Å². The molecule has 1 saturated carbocycles. The number of rotatable bonds is 24. The fraction of sp³-hybridized carbons (Fsp3) is 0.943. The third-order valence-corrected chi connectivity index (χ3v) is 8.90. The lowest BCUT2D eigenvalue weighted by molar-refractivity contribution is 0.174. The van der Waals surface area contributed by atoms with E-state index in [9.17, 15) is 0 Å². The second-order valence-electron chi connectivity index (χ2n) is 13.5. The first kappa shape index (κ1) is 32.8. The summed E-state index contributed by atoms with van der Waals surface area (Å²) >= 11 is 0. The molecule has 1 rings (SSSR count). The molecule has 208 valence electrons. The summed E-state index contributed by atoms with van der Waals surface area (Å²) in [5, 5.41) is 0. The molecule has 0 aromatic rings. The molecule has 0 N–H and O–H groups in total. The summed E-state index contributed by atoms with van der Waals surface area (Å²) < 4.78 is 0. The Hall–Kier alpha value is -0.260. The van der Waals surface area contributed by atoms with E-state index in [0.29, 0.717) is 0 Å². The van der Waals surface area contributed by atoms with Crippen LogP contribution in [0.4, 0.5) is 0 Å². The summed E-state index contributed by atoms with van der Waals surface area (Å²) in [6.07, 6.45) is 34.5. The highest BCUT2D eigenvalue weighted by atomic mass is 14.3. The molecular weight excluding hydrogens is 420 g/mol. The lowest BCUT2D eigenvalue weighted by Gasteiger charge is -2.34. The Bertz CT molecular complexity index is 480. The van der Waals surface area contributed by atoms with Crippen molar-refractivity contribution in [1.82, 2.24) is 0 Å². The van der Waals surface area contributed by atoms with Crippen molar-refractivity contribution in [2.75, 3.05) is 0 Å². The van der Waals surface area contributed by atoms with Crippen LogP contribution in [-0.4, -0.2) is 0 Å². The van der Waals surface area contributed by atoms with Gasteiger partial charge in [0.15, 0.2) is 0 Å². The molecule has 1 aliphatic carbocycles. The zero-order valence-corrected chi connectivity index (χ0v) is 25.5. The Morgan fingerprint density at radius 1 is 0.714 bits per heavy atom. The van der Waals surface area contributed by atoms with Gasteiger partial charge in [-0.15, -0.1) is 0 Å². The van der Waals surface area contributed by atoms with Crippen LogP contribution >= 0.6 is 0 Å². The number of allylic oxidation sites excluding steroid dienone is 2. The molecule has 0 amide bonds. The Labute approximate surface area is 223 Å². The molecule has 0 aromatic carbocycles. The third kappa shape index (κ3) is 19.5. The minimum absolute atomic E-state index is 0.889. The van der Waals surface area contributed by atoms with Gasteiger partial charge in [-0.3, -0.25) is 0 Å². The van der Waals surface area contributed by atoms with Gasteiger partial charge >= 0.3 is 0 Å². The van der Waals surface area contributed by atoms with E-state index in [0.717, 1.165) is 29.6 Å². The highest BCUT2D eigenvalue weighted by Gasteiger charge is 2.26. The van der Waals surface area contributed by atoms with Crippen molar-refractivity contribution >= 4 is 0 Å². The standard InChI is InChI=1S/C35H68/c1-7-8-17-21-34(22-19-16-14-12-10-9-11-13-15-18-20-30(2)3)26-25-31(4)23-24-32(5)27-35-28-33(6)29-35/h25,30,32-35H,7-24,26-29H2,1-6H3. The monoisotopic (exact) mass is 489 g/mol. The topological polar surface area (TPSA) is 0 Å². The molecule has 1 fully saturated rings. The van der Waals surface area contributed by atoms with Gasteiger partial charge in [0.2, 0.25) is 0 Å². The summed E-state index contributed by atoms with van der Waals surface area (Å²) in [6, 6.07) is 0. The van der Waals surface area contributed by atoms with Gasteiger partial charge in [-0.1, -0.05) is 149 Å². The van der Waals surface area contributed by atoms with Gasteiger partial charge in [0, 0.05) is 0 Å². The summed E-state index contributed by atoms with van der Waals surface area (Å²) in [5.41, 5.74) is 1.67. The van der Waals surface area contributed by atoms with Crippen molar-refractivity contribution in [2.24, 2.45) is 29.6 Å². The van der Waals surface area contributed by atoms with E-state index in [1.807, 2.05) is 0 Å². The highest BCUT2D eigenvalue weighted by molar-refractivity contribution is 4.99. The molecule has 0 aliphatic heterocycles. The molecule has 0 aromatic heterocycles. The zero-order valence-electron chi connectivity index (χ0n) is 25.5. The van der Waals surface area contributed by atoms with Gasteiger partial charge < -0.3 is 0 Å². The summed E-state index contributed by atoms with van der Waals surface area (Å²) in [5.74, 6) is 4.80. The lowest BCUT2D eigenvalue weighted by atomic mass is 9.72. The van der Waals surface area contributed by atoms with Gasteiger partial charge in [-0.05, 0) is 75.0 Å². The average molecular weight is 489 g/mol. The molecule has 35 heavy (non-hydrogen) atoms. The van der Waals surface area contributed by atoms with Crippen LogP contribution in [0.25, 0.3) is 0 Å². The van der Waals surface area contributed by atoms with E-state index >= 15 is 0 Å². The third-order valence-electron chi connectivity index (χ3n) is 8.90. The Kier molecular flexibility index (Phi) is 20.4. The van der Waals surface area contributed by atoms with Crippen molar-refractivity contribution in [3.05, 3.63) is 11.6 Å². The largest absolute Gasteiger partial charge is 0.0853 e. The number of hydrogen-bond donors (Lipinski definition) is 0. The van der Waals surface area contributed by atoms with Gasteiger partial charge in [0.25, 0.3) is 0 Å². The van der Waals surface area contributed by atoms with Crippen molar-refractivity contribution in [3.63, 3.8) is 0 Å². The Morgan fingerprint density at radius 2 is 1.23 bits per heavy atom. The van der Waals surface area contributed by atoms with Crippen LogP contribution in [0.2, 0.25) is 0 Å². The fourth-order valence-electron chi connectivity index (χ4n) is 6.36. The minimum Gasteiger partial charge on any atom is -0.0853 e. The van der Waals surface area contributed by atoms with Gasteiger partial charge in [-0.25, -0.2) is 0 Å². The fourth-order valence-corrected chi connectivity index (χ4v) is 6.36. The van der Waals surface area contributed by atoms with Crippen LogP contribution < -0.4 is 0 Å². The molecule has 1 aliphatic rings. The predicted molar refractivity (Wildman–Crippen MR) is 161 cm³/mol. The normalized spacial score (nSPS) is 20.3. The maximum atomic E-state index is 2.63. The first-order valence-corrected chi connectivity index (χ1v) is 16.6. The molecule has 0 radical (unpaired) electrons. The molecule has 0 heteroatoms. The first-order chi connectivity index (χ1) is 16.9. The van der Waals surface area contributed by atoms with Crippen LogP contribution in [-0.2, 0) is 0 Å². The molecule has 0 nitrogen and oxygen atoms in total. The Balaban J connectivity index is 2.11. The van der Waals surface area contributed by atoms with Crippen molar-refractivity contribution in [1.29, 1.82) is 0 Å². The molecule has 0 heterocycles. The van der Waals surface area contributed by atoms with Crippen LogP contribution in [0.3, 0.4) is 0 Å². The van der Waals surface area contributed by atoms with Crippen LogP contribution in [0.1, 0.15) is 183 Å². The quantitative estimate of drug-likeness (QED) is 0.0935. The molecule has 2 atom stereocenters. The smallest absolute Gasteiger partial charge is 0.0320 e. The van der Waals surface area contributed by atoms with Crippen LogP contribution in [0, 0.1) is 29.6 Å². The van der Waals surface area contributed by atoms with E-state index in [-0.39, 0.29) is 0 Å². The summed E-state index contributed by atoms with van der Waals surface area (Å²) in [7, 11) is 0. The molecule has 0 saturated heterocycles. The average Bonchev–Trinajstić information content (AvgIpc) is 2.80.